The Morgan fingerprint density at radius 2 is 1.92 bits per heavy atom. The first-order chi connectivity index (χ1) is 18.1. The Kier molecular flexibility index (Phi) is 10.7. The minimum atomic E-state index is -1.77. The van der Waals surface area contributed by atoms with E-state index in [4.69, 9.17) is 9.47 Å². The van der Waals surface area contributed by atoms with Crippen LogP contribution in [-0.4, -0.2) is 95.9 Å². The number of hydrogen-bond donors (Lipinski definition) is 3. The second kappa shape index (κ2) is 13.8. The fraction of sp³-hybridized carbons (Fsp3) is 0.593. The summed E-state index contributed by atoms with van der Waals surface area (Å²) in [7, 11) is -1.77. The van der Waals surface area contributed by atoms with Gasteiger partial charge in [-0.05, 0) is 58.1 Å². The van der Waals surface area contributed by atoms with Crippen LogP contribution in [0.1, 0.15) is 44.2 Å². The maximum absolute atomic E-state index is 13.4. The Bertz CT molecular complexity index is 1020. The summed E-state index contributed by atoms with van der Waals surface area (Å²) >= 11 is 0. The molecule has 11 heteroatoms. The van der Waals surface area contributed by atoms with Crippen molar-refractivity contribution < 1.29 is 29.1 Å². The van der Waals surface area contributed by atoms with Crippen LogP contribution in [0.25, 0.3) is 0 Å². The number of hydrogen-bond acceptors (Lipinski definition) is 8. The smallest absolute Gasteiger partial charge is 0.447 e. The molecule has 206 valence electrons. The van der Waals surface area contributed by atoms with Crippen LogP contribution in [0.3, 0.4) is 0 Å². The van der Waals surface area contributed by atoms with E-state index in [1.165, 1.54) is 0 Å². The van der Waals surface area contributed by atoms with Gasteiger partial charge in [-0.2, -0.15) is 5.26 Å². The normalized spacial score (nSPS) is 19.8. The number of carbonyl (C=O) groups excluding carboxylic acids is 2. The van der Waals surface area contributed by atoms with Crippen LogP contribution in [0.15, 0.2) is 35.9 Å². The molecule has 2 fully saturated rings. The Balaban J connectivity index is 1.61. The second-order valence-corrected chi connectivity index (χ2v) is 10.5. The van der Waals surface area contributed by atoms with Gasteiger partial charge in [-0.25, -0.2) is 4.79 Å². The summed E-state index contributed by atoms with van der Waals surface area (Å²) in [5, 5.41) is 31.9. The van der Waals surface area contributed by atoms with Gasteiger partial charge in [0.15, 0.2) is 0 Å². The number of likely N-dealkylation sites (tertiary alicyclic amines) is 1. The van der Waals surface area contributed by atoms with Crippen molar-refractivity contribution in [1.29, 1.82) is 5.26 Å². The quantitative estimate of drug-likeness (QED) is 0.251. The van der Waals surface area contributed by atoms with Crippen molar-refractivity contribution in [3.63, 3.8) is 0 Å². The van der Waals surface area contributed by atoms with Crippen molar-refractivity contribution in [1.82, 2.24) is 15.1 Å². The molecule has 1 aromatic rings. The Labute approximate surface area is 225 Å². The molecule has 0 aliphatic carbocycles. The van der Waals surface area contributed by atoms with Gasteiger partial charge >= 0.3 is 13.2 Å². The molecule has 0 spiro atoms. The van der Waals surface area contributed by atoms with Gasteiger partial charge in [-0.3, -0.25) is 9.69 Å². The maximum atomic E-state index is 13.4. The van der Waals surface area contributed by atoms with Gasteiger partial charge < -0.3 is 29.7 Å². The topological polar surface area (TPSA) is 135 Å². The number of morpholine rings is 1. The summed E-state index contributed by atoms with van der Waals surface area (Å²) in [6.45, 7) is 8.99. The summed E-state index contributed by atoms with van der Waals surface area (Å²) in [5.74, 6) is -1.32. The summed E-state index contributed by atoms with van der Waals surface area (Å²) in [5.41, 5.74) is 1.49. The molecule has 0 aromatic heterocycles. The number of benzene rings is 1. The lowest BCUT2D eigenvalue weighted by Gasteiger charge is -2.39. The molecule has 1 aromatic carbocycles. The molecule has 2 saturated heterocycles. The third-order valence-corrected chi connectivity index (χ3v) is 7.21. The predicted molar refractivity (Wildman–Crippen MR) is 143 cm³/mol. The Morgan fingerprint density at radius 3 is 2.55 bits per heavy atom. The van der Waals surface area contributed by atoms with E-state index in [9.17, 15) is 24.9 Å². The molecule has 3 rings (SSSR count). The van der Waals surface area contributed by atoms with Gasteiger partial charge in [0.25, 0.3) is 5.91 Å². The second-order valence-electron chi connectivity index (χ2n) is 10.5. The molecule has 2 atom stereocenters. The van der Waals surface area contributed by atoms with Crippen LogP contribution in [-0.2, 0) is 20.7 Å². The van der Waals surface area contributed by atoms with E-state index in [0.29, 0.717) is 26.2 Å². The van der Waals surface area contributed by atoms with E-state index in [2.05, 4.69) is 16.3 Å². The van der Waals surface area contributed by atoms with Gasteiger partial charge in [-0.1, -0.05) is 29.8 Å². The summed E-state index contributed by atoms with van der Waals surface area (Å²) < 4.78 is 10.8. The molecule has 0 radical (unpaired) electrons. The van der Waals surface area contributed by atoms with E-state index in [-0.39, 0.29) is 30.5 Å². The zero-order valence-corrected chi connectivity index (χ0v) is 22.6. The zero-order valence-electron chi connectivity index (χ0n) is 22.6. The maximum Gasteiger partial charge on any atom is 0.475 e. The lowest BCUT2D eigenvalue weighted by molar-refractivity contribution is -0.131. The number of aryl methyl sites for hydroxylation is 1. The first kappa shape index (κ1) is 29.6. The first-order valence-corrected chi connectivity index (χ1v) is 13.2. The number of nitrogens with zero attached hydrogens (tertiary/aromatic N) is 3. The van der Waals surface area contributed by atoms with Crippen molar-refractivity contribution in [2.24, 2.45) is 0 Å². The molecule has 0 saturated carbocycles. The average molecular weight is 526 g/mol. The van der Waals surface area contributed by atoms with Crippen molar-refractivity contribution in [2.45, 2.75) is 64.0 Å². The lowest BCUT2D eigenvalue weighted by Crippen LogP contribution is -2.51. The standard InChI is InChI=1S/C27H39BN4O6/c1-20-7-9-21(10-8-20)16-24(28(35)36)30-26(34)38-19-23-6-4-5-11-32(23)25(33)22(18-29)17-27(2,3)31-12-14-37-15-13-31/h7-10,17,23-24,35-36H,4-6,11-16,19H2,1-3H3,(H,30,34)/t23-,24+/m1/s1. The van der Waals surface area contributed by atoms with E-state index >= 15 is 0 Å². The van der Waals surface area contributed by atoms with Crippen LogP contribution in [0.5, 0.6) is 0 Å². The Morgan fingerprint density at radius 1 is 1.24 bits per heavy atom. The largest absolute Gasteiger partial charge is 0.475 e. The molecule has 0 unspecified atom stereocenters. The number of piperidine rings is 1. The number of carbonyl (C=O) groups is 2. The average Bonchev–Trinajstić information content (AvgIpc) is 2.91. The Hall–Kier alpha value is -2.91. The highest BCUT2D eigenvalue weighted by atomic mass is 16.5. The highest BCUT2D eigenvalue weighted by Gasteiger charge is 2.33. The van der Waals surface area contributed by atoms with Gasteiger partial charge in [0.1, 0.15) is 18.2 Å². The number of alkyl carbamates (subject to hydrolysis) is 1. The molecule has 2 aliphatic heterocycles. The molecular weight excluding hydrogens is 487 g/mol. The SMILES string of the molecule is Cc1ccc(C[C@H](NC(=O)OC[C@H]2CCCCN2C(=O)C(C#N)=CC(C)(C)N2CCOCC2)B(O)O)cc1. The number of nitrogens with one attached hydrogen (secondary N) is 1. The van der Waals surface area contributed by atoms with Crippen LogP contribution < -0.4 is 5.32 Å². The van der Waals surface area contributed by atoms with Crippen molar-refractivity contribution in [3.8, 4) is 6.07 Å². The molecule has 2 aliphatic rings. The van der Waals surface area contributed by atoms with E-state index in [1.54, 1.807) is 11.0 Å². The van der Waals surface area contributed by atoms with Crippen LogP contribution in [0.4, 0.5) is 4.79 Å². The highest BCUT2D eigenvalue weighted by Crippen LogP contribution is 2.24. The monoisotopic (exact) mass is 526 g/mol. The molecule has 2 heterocycles. The number of nitriles is 1. The minimum Gasteiger partial charge on any atom is -0.447 e. The van der Waals surface area contributed by atoms with Crippen LogP contribution in [0.2, 0.25) is 0 Å². The molecular formula is C27H39BN4O6. The number of rotatable bonds is 9. The van der Waals surface area contributed by atoms with Crippen LogP contribution in [0, 0.1) is 18.3 Å². The number of amides is 2. The van der Waals surface area contributed by atoms with Gasteiger partial charge in [0.2, 0.25) is 0 Å². The minimum absolute atomic E-state index is 0.0537. The van der Waals surface area contributed by atoms with E-state index in [1.807, 2.05) is 45.0 Å². The fourth-order valence-corrected chi connectivity index (χ4v) is 4.90. The molecule has 3 N–H and O–H groups in total. The molecule has 38 heavy (non-hydrogen) atoms. The number of ether oxygens (including phenoxy) is 2. The molecule has 10 nitrogen and oxygen atoms in total. The van der Waals surface area contributed by atoms with Crippen molar-refractivity contribution >= 4 is 19.1 Å². The predicted octanol–water partition coefficient (Wildman–Crippen LogP) is 1.59. The van der Waals surface area contributed by atoms with Gasteiger partial charge in [0, 0.05) is 25.2 Å². The summed E-state index contributed by atoms with van der Waals surface area (Å²) in [4.78, 5) is 29.7. The first-order valence-electron chi connectivity index (χ1n) is 13.2. The fourth-order valence-electron chi connectivity index (χ4n) is 4.90. The van der Waals surface area contributed by atoms with Gasteiger partial charge in [-0.15, -0.1) is 0 Å². The third kappa shape index (κ3) is 8.30. The molecule has 0 bridgehead atoms. The van der Waals surface area contributed by atoms with E-state index < -0.39 is 24.7 Å². The summed E-state index contributed by atoms with van der Waals surface area (Å²) in [6, 6.07) is 9.26. The van der Waals surface area contributed by atoms with Crippen molar-refractivity contribution in [2.75, 3.05) is 39.5 Å². The molecule has 2 amide bonds. The van der Waals surface area contributed by atoms with Crippen LogP contribution >= 0.6 is 0 Å². The summed E-state index contributed by atoms with van der Waals surface area (Å²) in [6.07, 6.45) is 3.46. The third-order valence-electron chi connectivity index (χ3n) is 7.21. The van der Waals surface area contributed by atoms with Gasteiger partial charge in [0.05, 0.1) is 25.2 Å². The zero-order chi connectivity index (χ0) is 27.7. The lowest BCUT2D eigenvalue weighted by atomic mass is 9.76. The van der Waals surface area contributed by atoms with Crippen molar-refractivity contribution in [3.05, 3.63) is 47.0 Å². The highest BCUT2D eigenvalue weighted by molar-refractivity contribution is 6.43. The van der Waals surface area contributed by atoms with E-state index in [0.717, 1.165) is 37.1 Å².